The van der Waals surface area contributed by atoms with Gasteiger partial charge < -0.3 is 10.2 Å². The van der Waals surface area contributed by atoms with Crippen molar-refractivity contribution in [1.82, 2.24) is 0 Å². The molecule has 1 aromatic heterocycles. The molecule has 1 aliphatic rings. The van der Waals surface area contributed by atoms with Crippen LogP contribution in [0.25, 0.3) is 0 Å². The molecule has 1 fully saturated rings. The van der Waals surface area contributed by atoms with Gasteiger partial charge in [-0.2, -0.15) is 0 Å². The van der Waals surface area contributed by atoms with Gasteiger partial charge in [-0.3, -0.25) is 9.59 Å². The summed E-state index contributed by atoms with van der Waals surface area (Å²) in [5.41, 5.74) is 1.58. The molecule has 0 atom stereocenters. The molecule has 21 heavy (non-hydrogen) atoms. The van der Waals surface area contributed by atoms with Crippen molar-refractivity contribution in [2.45, 2.75) is 19.3 Å². The maximum absolute atomic E-state index is 12.0. The molecular formula is C16H16N2O2S. The van der Waals surface area contributed by atoms with E-state index in [1.54, 1.807) is 16.2 Å². The molecule has 0 bridgehead atoms. The van der Waals surface area contributed by atoms with Gasteiger partial charge in [-0.05, 0) is 36.1 Å². The van der Waals surface area contributed by atoms with Crippen LogP contribution < -0.4 is 10.2 Å². The quantitative estimate of drug-likeness (QED) is 0.943. The Morgan fingerprint density at radius 1 is 1.29 bits per heavy atom. The molecule has 1 saturated heterocycles. The second-order valence-electron chi connectivity index (χ2n) is 5.00. The Balaban J connectivity index is 1.68. The first kappa shape index (κ1) is 13.8. The zero-order chi connectivity index (χ0) is 14.7. The first-order chi connectivity index (χ1) is 10.2. The molecule has 0 aliphatic carbocycles. The third-order valence-corrected chi connectivity index (χ3v) is 4.31. The normalized spacial score (nSPS) is 14.5. The molecule has 4 nitrogen and oxygen atoms in total. The van der Waals surface area contributed by atoms with E-state index in [4.69, 9.17) is 0 Å². The summed E-state index contributed by atoms with van der Waals surface area (Å²) < 4.78 is 0. The summed E-state index contributed by atoms with van der Waals surface area (Å²) in [6.07, 6.45) is 1.88. The highest BCUT2D eigenvalue weighted by Crippen LogP contribution is 2.24. The molecule has 2 heterocycles. The Morgan fingerprint density at radius 3 is 2.90 bits per heavy atom. The predicted octanol–water partition coefficient (Wildman–Crippen LogP) is 3.06. The second kappa shape index (κ2) is 6.10. The van der Waals surface area contributed by atoms with Gasteiger partial charge in [0.05, 0.1) is 6.42 Å². The van der Waals surface area contributed by atoms with Crippen molar-refractivity contribution in [3.63, 3.8) is 0 Å². The van der Waals surface area contributed by atoms with Crippen LogP contribution in [0.3, 0.4) is 0 Å². The van der Waals surface area contributed by atoms with Gasteiger partial charge in [-0.25, -0.2) is 0 Å². The van der Waals surface area contributed by atoms with E-state index >= 15 is 0 Å². The lowest BCUT2D eigenvalue weighted by Gasteiger charge is -2.16. The van der Waals surface area contributed by atoms with Gasteiger partial charge in [0.25, 0.3) is 0 Å². The number of nitrogens with zero attached hydrogens (tertiary/aromatic N) is 1. The molecule has 0 radical (unpaired) electrons. The van der Waals surface area contributed by atoms with E-state index in [-0.39, 0.29) is 11.8 Å². The van der Waals surface area contributed by atoms with Crippen LogP contribution in [-0.4, -0.2) is 18.4 Å². The lowest BCUT2D eigenvalue weighted by atomic mass is 10.2. The number of hydrogen-bond acceptors (Lipinski definition) is 3. The van der Waals surface area contributed by atoms with Crippen molar-refractivity contribution in [1.29, 1.82) is 0 Å². The highest BCUT2D eigenvalue weighted by Gasteiger charge is 2.21. The maximum atomic E-state index is 12.0. The van der Waals surface area contributed by atoms with Crippen LogP contribution >= 0.6 is 11.3 Å². The average Bonchev–Trinajstić information content (AvgIpc) is 3.10. The Morgan fingerprint density at radius 2 is 2.19 bits per heavy atom. The minimum Gasteiger partial charge on any atom is -0.326 e. The van der Waals surface area contributed by atoms with E-state index in [9.17, 15) is 9.59 Å². The monoisotopic (exact) mass is 300 g/mol. The van der Waals surface area contributed by atoms with Crippen molar-refractivity contribution < 1.29 is 9.59 Å². The lowest BCUT2D eigenvalue weighted by Crippen LogP contribution is -2.23. The van der Waals surface area contributed by atoms with Crippen molar-refractivity contribution in [2.24, 2.45) is 0 Å². The number of nitrogens with one attached hydrogen (secondary N) is 1. The Labute approximate surface area is 127 Å². The third-order valence-electron chi connectivity index (χ3n) is 3.43. The predicted molar refractivity (Wildman–Crippen MR) is 84.7 cm³/mol. The first-order valence-electron chi connectivity index (χ1n) is 6.95. The summed E-state index contributed by atoms with van der Waals surface area (Å²) in [4.78, 5) is 26.6. The first-order valence-corrected chi connectivity index (χ1v) is 7.83. The third kappa shape index (κ3) is 3.31. The molecule has 0 saturated carbocycles. The Bertz CT molecular complexity index is 652. The van der Waals surface area contributed by atoms with Gasteiger partial charge in [-0.15, -0.1) is 11.3 Å². The molecule has 3 rings (SSSR count). The van der Waals surface area contributed by atoms with E-state index < -0.39 is 0 Å². The van der Waals surface area contributed by atoms with E-state index in [2.05, 4.69) is 5.32 Å². The van der Waals surface area contributed by atoms with Gasteiger partial charge in [0.15, 0.2) is 0 Å². The summed E-state index contributed by atoms with van der Waals surface area (Å²) in [5.74, 6) is 0.111. The van der Waals surface area contributed by atoms with E-state index in [1.807, 2.05) is 41.8 Å². The molecule has 108 valence electrons. The molecule has 0 unspecified atom stereocenters. The summed E-state index contributed by atoms with van der Waals surface area (Å²) in [5, 5.41) is 4.85. The SMILES string of the molecule is O=C(Cc1cccs1)Nc1cccc(N2CCCC2=O)c1. The number of carbonyl (C=O) groups excluding carboxylic acids is 2. The number of anilines is 2. The number of amides is 2. The highest BCUT2D eigenvalue weighted by atomic mass is 32.1. The Kier molecular flexibility index (Phi) is 4.01. The van der Waals surface area contributed by atoms with E-state index in [1.165, 1.54) is 0 Å². The van der Waals surface area contributed by atoms with Gasteiger partial charge in [0.2, 0.25) is 11.8 Å². The minimum absolute atomic E-state index is 0.0395. The van der Waals surface area contributed by atoms with Gasteiger partial charge in [-0.1, -0.05) is 12.1 Å². The van der Waals surface area contributed by atoms with Gasteiger partial charge in [0, 0.05) is 29.2 Å². The van der Waals surface area contributed by atoms with Crippen LogP contribution in [0, 0.1) is 0 Å². The van der Waals surface area contributed by atoms with E-state index in [0.29, 0.717) is 12.8 Å². The van der Waals surface area contributed by atoms with Gasteiger partial charge >= 0.3 is 0 Å². The Hall–Kier alpha value is -2.14. The molecule has 2 aromatic rings. The van der Waals surface area contributed by atoms with Crippen LogP contribution in [0.2, 0.25) is 0 Å². The fraction of sp³-hybridized carbons (Fsp3) is 0.250. The molecule has 1 N–H and O–H groups in total. The van der Waals surface area contributed by atoms with Crippen molar-refractivity contribution >= 4 is 34.5 Å². The fourth-order valence-electron chi connectivity index (χ4n) is 2.45. The molecule has 0 spiro atoms. The smallest absolute Gasteiger partial charge is 0.229 e. The van der Waals surface area contributed by atoms with Crippen molar-refractivity contribution in [3.8, 4) is 0 Å². The fourth-order valence-corrected chi connectivity index (χ4v) is 3.15. The summed E-state index contributed by atoms with van der Waals surface area (Å²) >= 11 is 1.57. The summed E-state index contributed by atoms with van der Waals surface area (Å²) in [6.45, 7) is 0.755. The largest absolute Gasteiger partial charge is 0.326 e. The van der Waals surface area contributed by atoms with Crippen molar-refractivity contribution in [3.05, 3.63) is 46.7 Å². The number of rotatable bonds is 4. The van der Waals surface area contributed by atoms with Crippen LogP contribution in [0.15, 0.2) is 41.8 Å². The van der Waals surface area contributed by atoms with Crippen molar-refractivity contribution in [2.75, 3.05) is 16.8 Å². The maximum Gasteiger partial charge on any atom is 0.229 e. The topological polar surface area (TPSA) is 49.4 Å². The average molecular weight is 300 g/mol. The van der Waals surface area contributed by atoms with Crippen LogP contribution in [-0.2, 0) is 16.0 Å². The highest BCUT2D eigenvalue weighted by molar-refractivity contribution is 7.10. The summed E-state index contributed by atoms with van der Waals surface area (Å²) in [6, 6.07) is 11.3. The molecule has 5 heteroatoms. The number of thiophene rings is 1. The number of benzene rings is 1. The van der Waals surface area contributed by atoms with Crippen LogP contribution in [0.1, 0.15) is 17.7 Å². The van der Waals surface area contributed by atoms with E-state index in [0.717, 1.165) is 29.2 Å². The zero-order valence-electron chi connectivity index (χ0n) is 11.5. The summed E-state index contributed by atoms with van der Waals surface area (Å²) in [7, 11) is 0. The van der Waals surface area contributed by atoms with Crippen LogP contribution in [0.4, 0.5) is 11.4 Å². The number of hydrogen-bond donors (Lipinski definition) is 1. The molecule has 1 aromatic carbocycles. The molecular weight excluding hydrogens is 284 g/mol. The lowest BCUT2D eigenvalue weighted by molar-refractivity contribution is -0.117. The standard InChI is InChI=1S/C16H16N2O2S/c19-15(11-14-6-3-9-21-14)17-12-4-1-5-13(10-12)18-8-2-7-16(18)20/h1,3-6,9-10H,2,7-8,11H2,(H,17,19). The number of carbonyl (C=O) groups is 2. The molecule has 2 amide bonds. The minimum atomic E-state index is -0.0395. The second-order valence-corrected chi connectivity index (χ2v) is 6.04. The van der Waals surface area contributed by atoms with Crippen LogP contribution in [0.5, 0.6) is 0 Å². The molecule has 1 aliphatic heterocycles. The zero-order valence-corrected chi connectivity index (χ0v) is 12.4. The van der Waals surface area contributed by atoms with Gasteiger partial charge in [0.1, 0.15) is 0 Å².